The first-order chi connectivity index (χ1) is 36.7. The lowest BCUT2D eigenvalue weighted by Gasteiger charge is -2.48. The summed E-state index contributed by atoms with van der Waals surface area (Å²) >= 11 is 0. The van der Waals surface area contributed by atoms with Crippen LogP contribution < -0.4 is 0 Å². The molecular weight excluding hydrogens is 893 g/mol. The molecule has 2 aromatic heterocycles. The van der Waals surface area contributed by atoms with Crippen LogP contribution in [0.1, 0.15) is 146 Å². The first-order valence-electron chi connectivity index (χ1n) is 28.5. The number of nitrogens with one attached hydrogen (secondary N) is 2. The van der Waals surface area contributed by atoms with Crippen LogP contribution in [-0.2, 0) is 0 Å². The van der Waals surface area contributed by atoms with Gasteiger partial charge in [-0.3, -0.25) is 0 Å². The molecule has 0 saturated heterocycles. The van der Waals surface area contributed by atoms with Crippen LogP contribution in [0.25, 0.3) is 66.3 Å². The van der Waals surface area contributed by atoms with Crippen molar-refractivity contribution < 1.29 is 0 Å². The fourth-order valence-corrected chi connectivity index (χ4v) is 15.5. The Morgan fingerprint density at radius 3 is 1.47 bits per heavy atom. The van der Waals surface area contributed by atoms with Crippen molar-refractivity contribution in [2.45, 2.75) is 107 Å². The summed E-state index contributed by atoms with van der Waals surface area (Å²) in [6.07, 6.45) is 17.2. The first kappa shape index (κ1) is 45.5. The Bertz CT molecular complexity index is 3490. The molecule has 2 heterocycles. The topological polar surface area (TPSA) is 31.6 Å². The van der Waals surface area contributed by atoms with Gasteiger partial charge in [-0.05, 0) is 175 Å². The highest BCUT2D eigenvalue weighted by atomic mass is 14.7. The number of aromatic nitrogens is 2. The molecule has 366 valence electrons. The Labute approximate surface area is 438 Å². The van der Waals surface area contributed by atoms with Gasteiger partial charge in [-0.2, -0.15) is 0 Å². The zero-order valence-corrected chi connectivity index (χ0v) is 42.8. The van der Waals surface area contributed by atoms with E-state index in [1.54, 1.807) is 11.1 Å². The van der Waals surface area contributed by atoms with Crippen LogP contribution >= 0.6 is 0 Å². The lowest BCUT2D eigenvalue weighted by Crippen LogP contribution is -2.37. The van der Waals surface area contributed by atoms with Gasteiger partial charge in [0, 0.05) is 34.6 Å². The van der Waals surface area contributed by atoms with Gasteiger partial charge in [0.2, 0.25) is 0 Å². The smallest absolute Gasteiger partial charge is 0.0456 e. The SMILES string of the molecule is c1ccc(-c2ccc(C3CCC(C4c5ccccc5C(c5c6ccccc6c(-c6ccc(-c7ccc(C8CCCCC8)[nH]7)cc6-c6ccccc6)c6ccccc56)c5ccccc54)C(C4CCCCC4)C3)[nH]2)cc1. The highest BCUT2D eigenvalue weighted by molar-refractivity contribution is 6.17. The van der Waals surface area contributed by atoms with E-state index in [0.717, 1.165) is 5.92 Å². The summed E-state index contributed by atoms with van der Waals surface area (Å²) in [5.41, 5.74) is 20.5. The molecule has 74 heavy (non-hydrogen) atoms. The number of aromatic amines is 2. The number of H-pyrrole nitrogens is 2. The summed E-state index contributed by atoms with van der Waals surface area (Å²) in [5.74, 6) is 3.66. The number of fused-ring (bicyclic) bond motifs is 4. The van der Waals surface area contributed by atoms with E-state index in [2.05, 4.69) is 210 Å². The molecule has 0 spiro atoms. The maximum absolute atomic E-state index is 3.95. The molecule has 3 atom stereocenters. The first-order valence-corrected chi connectivity index (χ1v) is 28.5. The molecule has 4 aliphatic carbocycles. The summed E-state index contributed by atoms with van der Waals surface area (Å²) in [6, 6.07) is 76.9. The van der Waals surface area contributed by atoms with Gasteiger partial charge in [0.25, 0.3) is 0 Å². The number of hydrogen-bond donors (Lipinski definition) is 2. The second-order valence-electron chi connectivity index (χ2n) is 22.8. The second kappa shape index (κ2) is 19.6. The third kappa shape index (κ3) is 8.08. The number of benzene rings is 8. The van der Waals surface area contributed by atoms with Gasteiger partial charge in [0.05, 0.1) is 0 Å². The molecule has 2 nitrogen and oxygen atoms in total. The third-order valence-corrected chi connectivity index (χ3v) is 18.9. The Morgan fingerprint density at radius 1 is 0.338 bits per heavy atom. The van der Waals surface area contributed by atoms with Crippen LogP contribution in [0.4, 0.5) is 0 Å². The van der Waals surface area contributed by atoms with Crippen molar-refractivity contribution in [3.63, 3.8) is 0 Å². The van der Waals surface area contributed by atoms with Crippen LogP contribution in [0.15, 0.2) is 200 Å². The van der Waals surface area contributed by atoms with Crippen molar-refractivity contribution in [2.24, 2.45) is 17.8 Å². The van der Waals surface area contributed by atoms with E-state index >= 15 is 0 Å². The molecule has 4 aliphatic rings. The van der Waals surface area contributed by atoms with Gasteiger partial charge in [0.15, 0.2) is 0 Å². The highest BCUT2D eigenvalue weighted by Gasteiger charge is 2.45. The lowest BCUT2D eigenvalue weighted by molar-refractivity contribution is 0.104. The number of hydrogen-bond acceptors (Lipinski definition) is 0. The Balaban J connectivity index is 0.898. The van der Waals surface area contributed by atoms with Gasteiger partial charge >= 0.3 is 0 Å². The van der Waals surface area contributed by atoms with Gasteiger partial charge in [0.1, 0.15) is 0 Å². The minimum atomic E-state index is 0.0875. The molecule has 3 fully saturated rings. The Kier molecular flexibility index (Phi) is 12.0. The van der Waals surface area contributed by atoms with E-state index < -0.39 is 0 Å². The minimum absolute atomic E-state index is 0.0875. The average Bonchev–Trinajstić information content (AvgIpc) is 4.20. The Morgan fingerprint density at radius 2 is 0.851 bits per heavy atom. The standard InChI is InChI=1S/C72H68N2/c1-5-21-47(22-6-1)63-45-51(67-43-41-65(73-67)49-25-9-3-10-26-49)37-39-61(63)69-53-29-13-17-33-57(53)71(58-34-18-14-30-54(58)69)72-59-35-19-15-31-55(59)70(56-32-16-20-36-60(56)72)62-40-38-52(46-64(62)48-23-7-2-8-24-48)68-44-42-66(74-68)50-27-11-4-12-28-50/h1,4-6,11-22,27-37,39,41-45,48-49,52,62,64,70,72-74H,2-3,7-10,23-26,38,40,46H2. The third-order valence-electron chi connectivity index (χ3n) is 18.9. The monoisotopic (exact) mass is 961 g/mol. The van der Waals surface area contributed by atoms with Crippen molar-refractivity contribution in [2.75, 3.05) is 0 Å². The predicted octanol–water partition coefficient (Wildman–Crippen LogP) is 19.8. The van der Waals surface area contributed by atoms with Gasteiger partial charge < -0.3 is 9.97 Å². The summed E-state index contributed by atoms with van der Waals surface area (Å²) in [7, 11) is 0. The summed E-state index contributed by atoms with van der Waals surface area (Å²) in [4.78, 5) is 7.86. The maximum atomic E-state index is 3.95. The van der Waals surface area contributed by atoms with Crippen molar-refractivity contribution in [1.29, 1.82) is 0 Å². The second-order valence-corrected chi connectivity index (χ2v) is 22.8. The van der Waals surface area contributed by atoms with Gasteiger partial charge in [-0.15, -0.1) is 0 Å². The van der Waals surface area contributed by atoms with E-state index in [4.69, 9.17) is 0 Å². The van der Waals surface area contributed by atoms with Gasteiger partial charge in [-0.25, -0.2) is 0 Å². The van der Waals surface area contributed by atoms with E-state index in [9.17, 15) is 0 Å². The molecule has 10 aromatic rings. The van der Waals surface area contributed by atoms with Crippen molar-refractivity contribution >= 4 is 21.5 Å². The molecule has 2 N–H and O–H groups in total. The molecule has 0 amide bonds. The molecular formula is C72H68N2. The molecule has 8 aromatic carbocycles. The fraction of sp³-hybridized carbons (Fsp3) is 0.278. The average molecular weight is 961 g/mol. The van der Waals surface area contributed by atoms with E-state index in [1.165, 1.54) is 178 Å². The summed E-state index contributed by atoms with van der Waals surface area (Å²) in [5, 5.41) is 5.33. The van der Waals surface area contributed by atoms with E-state index in [-0.39, 0.29) is 5.92 Å². The van der Waals surface area contributed by atoms with E-state index in [0.29, 0.717) is 29.6 Å². The molecule has 2 heteroatoms. The molecule has 3 unspecified atom stereocenters. The van der Waals surface area contributed by atoms with Crippen LogP contribution in [0.2, 0.25) is 0 Å². The largest absolute Gasteiger partial charge is 0.358 e. The van der Waals surface area contributed by atoms with Crippen LogP contribution in [0, 0.1) is 17.8 Å². The van der Waals surface area contributed by atoms with Crippen molar-refractivity contribution in [3.8, 4) is 44.8 Å². The quantitative estimate of drug-likeness (QED) is 0.135. The van der Waals surface area contributed by atoms with Crippen molar-refractivity contribution in [1.82, 2.24) is 9.97 Å². The molecule has 14 rings (SSSR count). The van der Waals surface area contributed by atoms with E-state index in [1.807, 2.05) is 0 Å². The maximum Gasteiger partial charge on any atom is 0.0456 e. The summed E-state index contributed by atoms with van der Waals surface area (Å²) < 4.78 is 0. The zero-order valence-electron chi connectivity index (χ0n) is 42.8. The highest BCUT2D eigenvalue weighted by Crippen LogP contribution is 2.59. The van der Waals surface area contributed by atoms with Crippen LogP contribution in [0.3, 0.4) is 0 Å². The summed E-state index contributed by atoms with van der Waals surface area (Å²) in [6.45, 7) is 0. The van der Waals surface area contributed by atoms with Gasteiger partial charge in [-0.1, -0.05) is 221 Å². The zero-order chi connectivity index (χ0) is 49.0. The van der Waals surface area contributed by atoms with Crippen LogP contribution in [0.5, 0.6) is 0 Å². The Hall–Kier alpha value is -7.16. The lowest BCUT2D eigenvalue weighted by atomic mass is 9.56. The van der Waals surface area contributed by atoms with Crippen LogP contribution in [-0.4, -0.2) is 9.97 Å². The molecule has 0 aliphatic heterocycles. The molecule has 0 radical (unpaired) electrons. The molecule has 0 bridgehead atoms. The molecule has 3 saturated carbocycles. The minimum Gasteiger partial charge on any atom is -0.358 e. The number of rotatable bonds is 9. The fourth-order valence-electron chi connectivity index (χ4n) is 15.5. The predicted molar refractivity (Wildman–Crippen MR) is 310 cm³/mol. The van der Waals surface area contributed by atoms with Crippen molar-refractivity contribution in [3.05, 3.63) is 239 Å². The normalized spacial score (nSPS) is 21.4.